The number of nitrogens with zero attached hydrogens (tertiary/aromatic N) is 2. The highest BCUT2D eigenvalue weighted by Gasteiger charge is 2.38. The lowest BCUT2D eigenvalue weighted by Crippen LogP contribution is -2.55. The van der Waals surface area contributed by atoms with Gasteiger partial charge >= 0.3 is 0 Å². The number of benzene rings is 1. The molecule has 0 spiro atoms. The molecule has 162 valence electrons. The zero-order valence-corrected chi connectivity index (χ0v) is 17.8. The molecule has 2 fully saturated rings. The monoisotopic (exact) mass is 431 g/mol. The van der Waals surface area contributed by atoms with Crippen molar-refractivity contribution in [2.24, 2.45) is 0 Å². The van der Waals surface area contributed by atoms with E-state index in [-0.39, 0.29) is 24.2 Å². The highest BCUT2D eigenvalue weighted by atomic mass is 32.1. The van der Waals surface area contributed by atoms with E-state index < -0.39 is 6.10 Å². The van der Waals surface area contributed by atoms with Gasteiger partial charge in [-0.05, 0) is 18.4 Å². The van der Waals surface area contributed by atoms with Crippen molar-refractivity contribution in [2.45, 2.75) is 56.7 Å². The average Bonchev–Trinajstić information content (AvgIpc) is 3.25. The molecule has 1 aromatic heterocycles. The molecule has 4 atom stereocenters. The van der Waals surface area contributed by atoms with Crippen LogP contribution in [0, 0.1) is 0 Å². The van der Waals surface area contributed by atoms with Crippen LogP contribution in [0.1, 0.15) is 29.8 Å². The van der Waals surface area contributed by atoms with Gasteiger partial charge in [0.1, 0.15) is 5.01 Å². The fraction of sp³-hybridized carbons (Fsp3) is 0.545. The summed E-state index contributed by atoms with van der Waals surface area (Å²) in [5.41, 5.74) is 1.08. The van der Waals surface area contributed by atoms with E-state index in [9.17, 15) is 9.90 Å². The third kappa shape index (κ3) is 5.86. The summed E-state index contributed by atoms with van der Waals surface area (Å²) in [5.74, 6) is 0.00382. The molecule has 2 aliphatic rings. The maximum absolute atomic E-state index is 12.4. The number of hydrogen-bond donors (Lipinski definition) is 2. The third-order valence-corrected chi connectivity index (χ3v) is 6.42. The van der Waals surface area contributed by atoms with E-state index in [0.717, 1.165) is 23.4 Å². The zero-order valence-electron chi connectivity index (χ0n) is 17.0. The number of carbonyl (C=O) groups is 1. The second kappa shape index (κ2) is 10.5. The van der Waals surface area contributed by atoms with E-state index in [0.29, 0.717) is 39.3 Å². The number of carbonyl (C=O) groups excluding carboxylic acids is 1. The van der Waals surface area contributed by atoms with Gasteiger partial charge in [0, 0.05) is 30.7 Å². The number of aromatic nitrogens is 1. The summed E-state index contributed by atoms with van der Waals surface area (Å²) in [4.78, 5) is 19.1. The van der Waals surface area contributed by atoms with E-state index in [1.54, 1.807) is 11.3 Å². The fourth-order valence-electron chi connectivity index (χ4n) is 4.21. The number of aliphatic hydroxyl groups is 1. The second-order valence-corrected chi connectivity index (χ2v) is 8.93. The van der Waals surface area contributed by atoms with Gasteiger partial charge in [-0.3, -0.25) is 9.69 Å². The lowest BCUT2D eigenvalue weighted by molar-refractivity contribution is -0.158. The molecular formula is C22H29N3O4S. The summed E-state index contributed by atoms with van der Waals surface area (Å²) in [7, 11) is 0. The molecule has 2 aromatic rings. The first-order chi connectivity index (χ1) is 14.7. The van der Waals surface area contributed by atoms with Crippen molar-refractivity contribution < 1.29 is 19.4 Å². The Hall–Kier alpha value is -1.84. The molecular weight excluding hydrogens is 402 g/mol. The van der Waals surface area contributed by atoms with E-state index in [4.69, 9.17) is 9.47 Å². The number of nitrogens with one attached hydrogen (secondary N) is 1. The molecule has 4 rings (SSSR count). The topological polar surface area (TPSA) is 83.9 Å². The number of ether oxygens (including phenoxy) is 2. The summed E-state index contributed by atoms with van der Waals surface area (Å²) in [5, 5.41) is 16.2. The third-order valence-electron chi connectivity index (χ3n) is 5.65. The van der Waals surface area contributed by atoms with Crippen molar-refractivity contribution in [3.05, 3.63) is 52.5 Å². The summed E-state index contributed by atoms with van der Waals surface area (Å²) < 4.78 is 12.0. The Morgan fingerprint density at radius 1 is 1.27 bits per heavy atom. The van der Waals surface area contributed by atoms with Crippen molar-refractivity contribution in [2.75, 3.05) is 19.8 Å². The molecule has 30 heavy (non-hydrogen) atoms. The van der Waals surface area contributed by atoms with Gasteiger partial charge in [-0.15, -0.1) is 11.3 Å². The van der Waals surface area contributed by atoms with Crippen LogP contribution >= 0.6 is 11.3 Å². The Kier molecular flexibility index (Phi) is 7.46. The smallest absolute Gasteiger partial charge is 0.222 e. The Balaban J connectivity index is 1.33. The van der Waals surface area contributed by atoms with Gasteiger partial charge in [0.05, 0.1) is 44.5 Å². The van der Waals surface area contributed by atoms with Crippen molar-refractivity contribution in [3.8, 4) is 0 Å². The Labute approximate surface area is 181 Å². The molecule has 0 bridgehead atoms. The van der Waals surface area contributed by atoms with Gasteiger partial charge in [0.25, 0.3) is 0 Å². The van der Waals surface area contributed by atoms with Gasteiger partial charge in [-0.25, -0.2) is 4.98 Å². The molecule has 0 aliphatic carbocycles. The number of thiazole rings is 1. The van der Waals surface area contributed by atoms with Crippen molar-refractivity contribution in [1.82, 2.24) is 15.2 Å². The first-order valence-electron chi connectivity index (χ1n) is 10.5. The fourth-order valence-corrected chi connectivity index (χ4v) is 4.85. The van der Waals surface area contributed by atoms with Crippen LogP contribution in [0.5, 0.6) is 0 Å². The van der Waals surface area contributed by atoms with Gasteiger partial charge in [0.15, 0.2) is 0 Å². The Morgan fingerprint density at radius 2 is 2.13 bits per heavy atom. The molecule has 2 aliphatic heterocycles. The van der Waals surface area contributed by atoms with Crippen molar-refractivity contribution >= 4 is 17.2 Å². The summed E-state index contributed by atoms with van der Waals surface area (Å²) in [6, 6.07) is 10.0. The van der Waals surface area contributed by atoms with Crippen molar-refractivity contribution in [3.63, 3.8) is 0 Å². The zero-order chi connectivity index (χ0) is 20.8. The van der Waals surface area contributed by atoms with Crippen LogP contribution in [0.3, 0.4) is 0 Å². The molecule has 8 heteroatoms. The Morgan fingerprint density at radius 3 is 2.93 bits per heavy atom. The maximum Gasteiger partial charge on any atom is 0.222 e. The minimum Gasteiger partial charge on any atom is -0.389 e. The van der Waals surface area contributed by atoms with Crippen LogP contribution < -0.4 is 5.32 Å². The minimum absolute atomic E-state index is 0.00382. The van der Waals surface area contributed by atoms with Gasteiger partial charge in [0.2, 0.25) is 5.91 Å². The molecule has 3 heterocycles. The normalized spacial score (nSPS) is 27.6. The van der Waals surface area contributed by atoms with E-state index in [1.165, 1.54) is 0 Å². The van der Waals surface area contributed by atoms with E-state index >= 15 is 0 Å². The molecule has 1 aromatic carbocycles. The minimum atomic E-state index is -0.521. The molecule has 2 N–H and O–H groups in total. The standard InChI is InChI=1S/C22H29N3O4S/c26-17-12-25(13-22-23-8-9-30-22)19-7-6-18(29-20(19)15-28-14-17)10-21(27)24-11-16-4-2-1-3-5-16/h1-5,8-9,17-20,26H,6-7,10-15H2,(H,24,27)/t17-,18-,19-,20+/m0/s1. The lowest BCUT2D eigenvalue weighted by Gasteiger charge is -2.44. The molecule has 2 saturated heterocycles. The molecule has 0 unspecified atom stereocenters. The largest absolute Gasteiger partial charge is 0.389 e. The van der Waals surface area contributed by atoms with Gasteiger partial charge in [-0.1, -0.05) is 30.3 Å². The number of amides is 1. The average molecular weight is 432 g/mol. The number of rotatable bonds is 6. The first-order valence-corrected chi connectivity index (χ1v) is 11.4. The Bertz CT molecular complexity index is 789. The molecule has 7 nitrogen and oxygen atoms in total. The second-order valence-electron chi connectivity index (χ2n) is 7.95. The highest BCUT2D eigenvalue weighted by Crippen LogP contribution is 2.29. The number of aliphatic hydroxyl groups excluding tert-OH is 1. The number of hydrogen-bond acceptors (Lipinski definition) is 7. The highest BCUT2D eigenvalue weighted by molar-refractivity contribution is 7.09. The van der Waals surface area contributed by atoms with Crippen molar-refractivity contribution in [1.29, 1.82) is 0 Å². The summed E-state index contributed by atoms with van der Waals surface area (Å²) in [6.45, 7) is 2.48. The quantitative estimate of drug-likeness (QED) is 0.728. The summed E-state index contributed by atoms with van der Waals surface area (Å²) >= 11 is 1.62. The van der Waals surface area contributed by atoms with Crippen LogP contribution in [0.15, 0.2) is 41.9 Å². The lowest BCUT2D eigenvalue weighted by atomic mass is 9.94. The molecule has 0 saturated carbocycles. The van der Waals surface area contributed by atoms with E-state index in [2.05, 4.69) is 15.2 Å². The van der Waals surface area contributed by atoms with E-state index in [1.807, 2.05) is 41.9 Å². The number of β-amino-alcohol motifs (C(OH)–C–C–N with tert-alkyl or cyclic N) is 1. The van der Waals surface area contributed by atoms with Crippen LogP contribution in [-0.4, -0.2) is 65.0 Å². The predicted octanol–water partition coefficient (Wildman–Crippen LogP) is 1.96. The van der Waals surface area contributed by atoms with Gasteiger partial charge < -0.3 is 19.9 Å². The van der Waals surface area contributed by atoms with Crippen LogP contribution in [0.2, 0.25) is 0 Å². The molecule has 1 amide bonds. The van der Waals surface area contributed by atoms with Crippen LogP contribution in [0.4, 0.5) is 0 Å². The first kappa shape index (κ1) is 21.4. The molecule has 0 radical (unpaired) electrons. The maximum atomic E-state index is 12.4. The SMILES string of the molecule is O=C(C[C@@H]1CC[C@H]2[C@@H](COC[C@@H](O)CN2Cc2nccs2)O1)NCc1ccccc1. The van der Waals surface area contributed by atoms with Crippen LogP contribution in [-0.2, 0) is 27.4 Å². The predicted molar refractivity (Wildman–Crippen MR) is 114 cm³/mol. The summed E-state index contributed by atoms with van der Waals surface area (Å²) in [6.07, 6.45) is 3.13. The number of fused-ring (bicyclic) bond motifs is 1. The van der Waals surface area contributed by atoms with Crippen LogP contribution in [0.25, 0.3) is 0 Å². The van der Waals surface area contributed by atoms with Gasteiger partial charge in [-0.2, -0.15) is 0 Å².